The lowest BCUT2D eigenvalue weighted by atomic mass is 10.2. The zero-order chi connectivity index (χ0) is 9.84. The van der Waals surface area contributed by atoms with E-state index >= 15 is 0 Å². The van der Waals surface area contributed by atoms with E-state index in [0.717, 1.165) is 0 Å². The van der Waals surface area contributed by atoms with Crippen molar-refractivity contribution in [1.82, 2.24) is 5.32 Å². The summed E-state index contributed by atoms with van der Waals surface area (Å²) in [6.07, 6.45) is 0. The number of carbonyl (C=O) groups is 1. The molecular formula is C8H9NO3S. The van der Waals surface area contributed by atoms with Gasteiger partial charge in [0.15, 0.2) is 11.1 Å². The van der Waals surface area contributed by atoms with Crippen LogP contribution in [-0.2, 0) is 11.1 Å². The number of carbonyl (C=O) groups excluding carboxylic acids is 1. The van der Waals surface area contributed by atoms with E-state index in [1.807, 2.05) is 0 Å². The minimum Gasteiger partial charge on any atom is -0.355 e. The van der Waals surface area contributed by atoms with Crippen molar-refractivity contribution in [3.63, 3.8) is 0 Å². The summed E-state index contributed by atoms with van der Waals surface area (Å²) in [6.45, 7) is 0. The molecule has 0 bridgehead atoms. The van der Waals surface area contributed by atoms with E-state index in [-0.39, 0.29) is 16.4 Å². The average Bonchev–Trinajstić information content (AvgIpc) is 2.16. The molecule has 4 nitrogen and oxygen atoms in total. The van der Waals surface area contributed by atoms with Gasteiger partial charge in [0.1, 0.15) is 0 Å². The lowest BCUT2D eigenvalue weighted by Gasteiger charge is -2.03. The minimum absolute atomic E-state index is 0.127. The normalized spacial score (nSPS) is 12.2. The number of hydrogen-bond acceptors (Lipinski definition) is 2. The van der Waals surface area contributed by atoms with Crippen LogP contribution in [0.1, 0.15) is 10.4 Å². The molecule has 0 spiro atoms. The predicted octanol–water partition coefficient (Wildman–Crippen LogP) is 0.627. The second-order valence-corrected chi connectivity index (χ2v) is 3.26. The fourth-order valence-electron chi connectivity index (χ4n) is 0.941. The first kappa shape index (κ1) is 9.88. The van der Waals surface area contributed by atoms with Crippen LogP contribution in [0.5, 0.6) is 0 Å². The quantitative estimate of drug-likeness (QED) is 0.686. The van der Waals surface area contributed by atoms with Crippen LogP contribution in [0.2, 0.25) is 0 Å². The molecule has 1 aromatic rings. The van der Waals surface area contributed by atoms with Crippen molar-refractivity contribution in [2.45, 2.75) is 4.90 Å². The summed E-state index contributed by atoms with van der Waals surface area (Å²) in [5.74, 6) is -0.363. The molecule has 0 heterocycles. The first-order chi connectivity index (χ1) is 6.16. The Morgan fingerprint density at radius 2 is 2.08 bits per heavy atom. The summed E-state index contributed by atoms with van der Waals surface area (Å²) in [6, 6.07) is 6.19. The highest BCUT2D eigenvalue weighted by Crippen LogP contribution is 2.11. The van der Waals surface area contributed by atoms with Crippen molar-refractivity contribution in [2.75, 3.05) is 7.05 Å². The van der Waals surface area contributed by atoms with Gasteiger partial charge in [0.25, 0.3) is 5.91 Å². The topological polar surface area (TPSA) is 66.4 Å². The molecule has 0 aliphatic carbocycles. The molecule has 0 saturated carbocycles. The van der Waals surface area contributed by atoms with Gasteiger partial charge in [-0.05, 0) is 12.1 Å². The van der Waals surface area contributed by atoms with Gasteiger partial charge in [-0.2, -0.15) is 0 Å². The molecule has 0 aliphatic rings. The van der Waals surface area contributed by atoms with Crippen LogP contribution in [0.25, 0.3) is 0 Å². The summed E-state index contributed by atoms with van der Waals surface area (Å²) in [5.41, 5.74) is 0.228. The lowest BCUT2D eigenvalue weighted by Crippen LogP contribution is -2.19. The van der Waals surface area contributed by atoms with Crippen LogP contribution in [0, 0.1) is 0 Å². The second-order valence-electron chi connectivity index (χ2n) is 2.32. The summed E-state index contributed by atoms with van der Waals surface area (Å²) < 4.78 is 19.6. The molecule has 1 unspecified atom stereocenters. The molecule has 1 rings (SSSR count). The van der Waals surface area contributed by atoms with E-state index in [2.05, 4.69) is 5.32 Å². The van der Waals surface area contributed by atoms with E-state index in [0.29, 0.717) is 0 Å². The lowest BCUT2D eigenvalue weighted by molar-refractivity contribution is 0.0960. The van der Waals surface area contributed by atoms with Gasteiger partial charge in [-0.15, -0.1) is 0 Å². The van der Waals surface area contributed by atoms with Crippen LogP contribution in [-0.4, -0.2) is 21.7 Å². The molecule has 0 radical (unpaired) electrons. The molecule has 0 aliphatic heterocycles. The Morgan fingerprint density at radius 1 is 1.46 bits per heavy atom. The van der Waals surface area contributed by atoms with E-state index in [4.69, 9.17) is 4.55 Å². The van der Waals surface area contributed by atoms with Crippen molar-refractivity contribution in [3.05, 3.63) is 29.8 Å². The van der Waals surface area contributed by atoms with Gasteiger partial charge in [0.05, 0.1) is 10.5 Å². The molecule has 1 atom stereocenters. The molecule has 0 saturated heterocycles. The van der Waals surface area contributed by atoms with Crippen molar-refractivity contribution in [2.24, 2.45) is 0 Å². The van der Waals surface area contributed by atoms with Gasteiger partial charge in [-0.3, -0.25) is 4.79 Å². The third-order valence-corrected chi connectivity index (χ3v) is 2.28. The second kappa shape index (κ2) is 4.15. The van der Waals surface area contributed by atoms with Gasteiger partial charge in [0, 0.05) is 7.05 Å². The SMILES string of the molecule is CNC(=O)c1ccccc1S(=O)O. The molecule has 70 valence electrons. The van der Waals surface area contributed by atoms with E-state index in [1.54, 1.807) is 12.1 Å². The third-order valence-electron chi connectivity index (χ3n) is 1.55. The highest BCUT2D eigenvalue weighted by molar-refractivity contribution is 7.79. The first-order valence-electron chi connectivity index (χ1n) is 3.58. The van der Waals surface area contributed by atoms with Crippen LogP contribution in [0.15, 0.2) is 29.2 Å². The highest BCUT2D eigenvalue weighted by Gasteiger charge is 2.12. The Kier molecular flexibility index (Phi) is 3.16. The Balaban J connectivity index is 3.19. The van der Waals surface area contributed by atoms with Crippen molar-refractivity contribution in [3.8, 4) is 0 Å². The number of amides is 1. The average molecular weight is 199 g/mol. The molecule has 5 heteroatoms. The van der Waals surface area contributed by atoms with E-state index < -0.39 is 11.1 Å². The molecular weight excluding hydrogens is 190 g/mol. The molecule has 1 amide bonds. The molecule has 0 fully saturated rings. The highest BCUT2D eigenvalue weighted by atomic mass is 32.2. The van der Waals surface area contributed by atoms with Crippen LogP contribution < -0.4 is 5.32 Å². The van der Waals surface area contributed by atoms with E-state index in [1.165, 1.54) is 19.2 Å². The van der Waals surface area contributed by atoms with Crippen LogP contribution in [0.4, 0.5) is 0 Å². The summed E-state index contributed by atoms with van der Waals surface area (Å²) >= 11 is -2.12. The van der Waals surface area contributed by atoms with Gasteiger partial charge < -0.3 is 9.87 Å². The smallest absolute Gasteiger partial charge is 0.252 e. The maximum absolute atomic E-state index is 11.2. The summed E-state index contributed by atoms with van der Waals surface area (Å²) in [7, 11) is 1.47. The van der Waals surface area contributed by atoms with Crippen LogP contribution >= 0.6 is 0 Å². The maximum Gasteiger partial charge on any atom is 0.252 e. The Bertz CT molecular complexity index is 351. The maximum atomic E-state index is 11.2. The summed E-state index contributed by atoms with van der Waals surface area (Å²) in [4.78, 5) is 11.3. The fraction of sp³-hybridized carbons (Fsp3) is 0.125. The van der Waals surface area contributed by atoms with E-state index in [9.17, 15) is 9.00 Å². The molecule has 0 aromatic heterocycles. The number of hydrogen-bond donors (Lipinski definition) is 2. The number of benzene rings is 1. The Hall–Kier alpha value is -1.20. The number of rotatable bonds is 2. The summed E-state index contributed by atoms with van der Waals surface area (Å²) in [5, 5.41) is 2.39. The molecule has 1 aromatic carbocycles. The fourth-order valence-corrected chi connectivity index (χ4v) is 1.49. The standard InChI is InChI=1S/C8H9NO3S/c1-9-8(10)6-4-2-3-5-7(6)13(11)12/h2-5H,1H3,(H,9,10)(H,11,12). The number of nitrogens with one attached hydrogen (secondary N) is 1. The molecule has 13 heavy (non-hydrogen) atoms. The van der Waals surface area contributed by atoms with Gasteiger partial charge in [-0.1, -0.05) is 12.1 Å². The van der Waals surface area contributed by atoms with Crippen molar-refractivity contribution < 1.29 is 13.6 Å². The van der Waals surface area contributed by atoms with Crippen molar-refractivity contribution >= 4 is 17.0 Å². The van der Waals surface area contributed by atoms with Crippen molar-refractivity contribution in [1.29, 1.82) is 0 Å². The zero-order valence-electron chi connectivity index (χ0n) is 6.98. The van der Waals surface area contributed by atoms with Gasteiger partial charge >= 0.3 is 0 Å². The predicted molar refractivity (Wildman–Crippen MR) is 48.9 cm³/mol. The Labute approximate surface area is 78.3 Å². The monoisotopic (exact) mass is 199 g/mol. The Morgan fingerprint density at radius 3 is 2.62 bits per heavy atom. The largest absolute Gasteiger partial charge is 0.355 e. The van der Waals surface area contributed by atoms with Gasteiger partial charge in [0.2, 0.25) is 0 Å². The minimum atomic E-state index is -2.12. The first-order valence-corrected chi connectivity index (χ1v) is 4.69. The molecule has 2 N–H and O–H groups in total. The zero-order valence-corrected chi connectivity index (χ0v) is 7.80. The third kappa shape index (κ3) is 2.13. The van der Waals surface area contributed by atoms with Gasteiger partial charge in [-0.25, -0.2) is 4.21 Å². The van der Waals surface area contributed by atoms with Crippen LogP contribution in [0.3, 0.4) is 0 Å².